The Morgan fingerprint density at radius 1 is 1.62 bits per heavy atom. The van der Waals surface area contributed by atoms with Crippen molar-refractivity contribution < 1.29 is 4.79 Å². The van der Waals surface area contributed by atoms with Gasteiger partial charge in [-0.15, -0.1) is 11.3 Å². The van der Waals surface area contributed by atoms with Gasteiger partial charge in [-0.05, 0) is 44.3 Å². The Kier molecular flexibility index (Phi) is 5.96. The number of carbonyl (C=O) groups is 1. The number of nitrogens with two attached hydrogens (primary N) is 1. The van der Waals surface area contributed by atoms with Crippen molar-refractivity contribution in [3.63, 3.8) is 0 Å². The highest BCUT2D eigenvalue weighted by molar-refractivity contribution is 9.13. The van der Waals surface area contributed by atoms with E-state index in [2.05, 4.69) is 44.1 Å². The van der Waals surface area contributed by atoms with Crippen molar-refractivity contribution in [3.05, 3.63) is 19.2 Å². The Labute approximate surface area is 116 Å². The van der Waals surface area contributed by atoms with Crippen LogP contribution < -0.4 is 11.1 Å². The Bertz CT molecular complexity index is 348. The summed E-state index contributed by atoms with van der Waals surface area (Å²) in [5.74, 6) is -0.0553. The van der Waals surface area contributed by atoms with Gasteiger partial charge in [-0.2, -0.15) is 0 Å². The largest absolute Gasteiger partial charge is 0.347 e. The van der Waals surface area contributed by atoms with Crippen LogP contribution in [0.1, 0.15) is 29.4 Å². The number of hydrogen-bond donors (Lipinski definition) is 2. The number of thiophene rings is 1. The third-order valence-corrected chi connectivity index (χ3v) is 5.38. The number of hydrogen-bond acceptors (Lipinski definition) is 3. The second-order valence-electron chi connectivity index (χ2n) is 3.43. The highest BCUT2D eigenvalue weighted by atomic mass is 79.9. The molecule has 3 nitrogen and oxygen atoms in total. The molecule has 1 atom stereocenters. The van der Waals surface area contributed by atoms with Crippen molar-refractivity contribution in [2.45, 2.75) is 25.8 Å². The molecule has 0 saturated carbocycles. The minimum atomic E-state index is -0.0553. The lowest BCUT2D eigenvalue weighted by Gasteiger charge is -2.14. The van der Waals surface area contributed by atoms with Crippen LogP contribution in [0.15, 0.2) is 14.3 Å². The van der Waals surface area contributed by atoms with Crippen LogP contribution in [-0.4, -0.2) is 18.5 Å². The Morgan fingerprint density at radius 3 is 2.75 bits per heavy atom. The summed E-state index contributed by atoms with van der Waals surface area (Å²) in [5, 5.41) is 2.93. The van der Waals surface area contributed by atoms with Crippen LogP contribution in [0.3, 0.4) is 0 Å². The number of nitrogens with one attached hydrogen (secondary N) is 1. The second kappa shape index (κ2) is 6.74. The zero-order chi connectivity index (χ0) is 12.1. The average Bonchev–Trinajstić information content (AvgIpc) is 2.58. The monoisotopic (exact) mass is 368 g/mol. The van der Waals surface area contributed by atoms with Crippen molar-refractivity contribution in [3.8, 4) is 0 Å². The molecule has 1 aromatic heterocycles. The molecular formula is C10H14Br2N2OS. The van der Waals surface area contributed by atoms with Gasteiger partial charge in [0.1, 0.15) is 0 Å². The van der Waals surface area contributed by atoms with Crippen molar-refractivity contribution in [1.82, 2.24) is 5.32 Å². The number of amides is 1. The SMILES string of the molecule is CCCC(CN)NC(=O)c1cc(Br)c(Br)s1. The molecule has 0 aromatic carbocycles. The lowest BCUT2D eigenvalue weighted by atomic mass is 10.1. The van der Waals surface area contributed by atoms with Gasteiger partial charge in [0.15, 0.2) is 0 Å². The molecule has 1 amide bonds. The summed E-state index contributed by atoms with van der Waals surface area (Å²) in [6.07, 6.45) is 1.93. The molecule has 1 unspecified atom stereocenters. The van der Waals surface area contributed by atoms with Gasteiger partial charge in [0, 0.05) is 17.1 Å². The van der Waals surface area contributed by atoms with Gasteiger partial charge in [-0.3, -0.25) is 4.79 Å². The number of halogens is 2. The van der Waals surface area contributed by atoms with E-state index in [0.29, 0.717) is 11.4 Å². The fraction of sp³-hybridized carbons (Fsp3) is 0.500. The lowest BCUT2D eigenvalue weighted by Crippen LogP contribution is -2.39. The van der Waals surface area contributed by atoms with E-state index in [-0.39, 0.29) is 11.9 Å². The number of rotatable bonds is 5. The van der Waals surface area contributed by atoms with E-state index in [0.717, 1.165) is 21.1 Å². The first-order valence-corrected chi connectivity index (χ1v) is 7.44. The molecule has 0 saturated heterocycles. The molecule has 0 spiro atoms. The Balaban J connectivity index is 2.64. The van der Waals surface area contributed by atoms with Crippen LogP contribution in [0.4, 0.5) is 0 Å². The highest BCUT2D eigenvalue weighted by Gasteiger charge is 2.15. The normalized spacial score (nSPS) is 12.5. The predicted octanol–water partition coefficient (Wildman–Crippen LogP) is 3.13. The molecular weight excluding hydrogens is 356 g/mol. The van der Waals surface area contributed by atoms with Gasteiger partial charge in [0.25, 0.3) is 5.91 Å². The quantitative estimate of drug-likeness (QED) is 0.837. The Morgan fingerprint density at radius 2 is 2.31 bits per heavy atom. The zero-order valence-corrected chi connectivity index (χ0v) is 12.9. The van der Waals surface area contributed by atoms with E-state index < -0.39 is 0 Å². The van der Waals surface area contributed by atoms with Gasteiger partial charge >= 0.3 is 0 Å². The summed E-state index contributed by atoms with van der Waals surface area (Å²) in [6, 6.07) is 1.88. The summed E-state index contributed by atoms with van der Waals surface area (Å²) < 4.78 is 1.83. The van der Waals surface area contributed by atoms with E-state index in [1.807, 2.05) is 6.07 Å². The fourth-order valence-electron chi connectivity index (χ4n) is 1.31. The molecule has 16 heavy (non-hydrogen) atoms. The fourth-order valence-corrected chi connectivity index (χ4v) is 3.25. The summed E-state index contributed by atoms with van der Waals surface area (Å²) in [4.78, 5) is 12.5. The average molecular weight is 370 g/mol. The maximum Gasteiger partial charge on any atom is 0.261 e. The first-order valence-electron chi connectivity index (χ1n) is 5.04. The van der Waals surface area contributed by atoms with E-state index in [1.54, 1.807) is 0 Å². The number of carbonyl (C=O) groups excluding carboxylic acids is 1. The van der Waals surface area contributed by atoms with Crippen LogP contribution >= 0.6 is 43.2 Å². The molecule has 1 heterocycles. The maximum absolute atomic E-state index is 11.9. The van der Waals surface area contributed by atoms with Crippen LogP contribution in [-0.2, 0) is 0 Å². The van der Waals surface area contributed by atoms with E-state index in [4.69, 9.17) is 5.73 Å². The smallest absolute Gasteiger partial charge is 0.261 e. The van der Waals surface area contributed by atoms with Crippen LogP contribution in [0.5, 0.6) is 0 Å². The molecule has 1 rings (SSSR count). The van der Waals surface area contributed by atoms with Crippen molar-refractivity contribution in [2.24, 2.45) is 5.73 Å². The molecule has 0 aliphatic rings. The summed E-state index contributed by atoms with van der Waals surface area (Å²) >= 11 is 8.13. The van der Waals surface area contributed by atoms with Crippen molar-refractivity contribution in [1.29, 1.82) is 0 Å². The standard InChI is InChI=1S/C10H14Br2N2OS/c1-2-3-6(5-13)14-10(15)8-4-7(11)9(12)16-8/h4,6H,2-3,5,13H2,1H3,(H,14,15). The van der Waals surface area contributed by atoms with Gasteiger partial charge in [-0.25, -0.2) is 0 Å². The highest BCUT2D eigenvalue weighted by Crippen LogP contribution is 2.32. The van der Waals surface area contributed by atoms with Crippen LogP contribution in [0.2, 0.25) is 0 Å². The minimum Gasteiger partial charge on any atom is -0.347 e. The topological polar surface area (TPSA) is 55.1 Å². The van der Waals surface area contributed by atoms with Crippen molar-refractivity contribution >= 4 is 49.1 Å². The maximum atomic E-state index is 11.9. The predicted molar refractivity (Wildman–Crippen MR) is 74.9 cm³/mol. The first kappa shape index (κ1) is 14.2. The first-order chi connectivity index (χ1) is 7.58. The summed E-state index contributed by atoms with van der Waals surface area (Å²) in [6.45, 7) is 2.56. The molecule has 0 fully saturated rings. The van der Waals surface area contributed by atoms with Gasteiger partial charge < -0.3 is 11.1 Å². The van der Waals surface area contributed by atoms with Gasteiger partial charge in [0.2, 0.25) is 0 Å². The zero-order valence-electron chi connectivity index (χ0n) is 8.93. The molecule has 90 valence electrons. The van der Waals surface area contributed by atoms with E-state index in [1.165, 1.54) is 11.3 Å². The molecule has 0 aliphatic heterocycles. The van der Waals surface area contributed by atoms with Crippen LogP contribution in [0, 0.1) is 0 Å². The minimum absolute atomic E-state index is 0.0553. The summed E-state index contributed by atoms with van der Waals surface area (Å²) in [7, 11) is 0. The lowest BCUT2D eigenvalue weighted by molar-refractivity contribution is 0.0940. The molecule has 0 bridgehead atoms. The third kappa shape index (κ3) is 3.84. The molecule has 0 radical (unpaired) electrons. The van der Waals surface area contributed by atoms with Crippen LogP contribution in [0.25, 0.3) is 0 Å². The Hall–Kier alpha value is 0.0900. The molecule has 1 aromatic rings. The van der Waals surface area contributed by atoms with Gasteiger partial charge in [0.05, 0.1) is 8.66 Å². The molecule has 6 heteroatoms. The van der Waals surface area contributed by atoms with E-state index in [9.17, 15) is 4.79 Å². The second-order valence-corrected chi connectivity index (χ2v) is 6.65. The van der Waals surface area contributed by atoms with Gasteiger partial charge in [-0.1, -0.05) is 13.3 Å². The molecule has 3 N–H and O–H groups in total. The third-order valence-electron chi connectivity index (χ3n) is 2.13. The van der Waals surface area contributed by atoms with E-state index >= 15 is 0 Å². The molecule has 0 aliphatic carbocycles. The van der Waals surface area contributed by atoms with Crippen molar-refractivity contribution in [2.75, 3.05) is 6.54 Å². The summed E-state index contributed by atoms with van der Waals surface area (Å²) in [5.41, 5.74) is 5.59.